The molecule has 2 N–H and O–H groups in total. The summed E-state index contributed by atoms with van der Waals surface area (Å²) >= 11 is 0. The molecular weight excluding hydrogens is 284 g/mol. The highest BCUT2D eigenvalue weighted by atomic mass is 16.5. The summed E-state index contributed by atoms with van der Waals surface area (Å²) in [6.45, 7) is 1.41. The van der Waals surface area contributed by atoms with Gasteiger partial charge in [-0.05, 0) is 24.1 Å². The largest absolute Gasteiger partial charge is 0.497 e. The molecule has 1 aromatic rings. The van der Waals surface area contributed by atoms with E-state index in [4.69, 9.17) is 9.47 Å². The number of nitrogens with one attached hydrogen (secondary N) is 2. The molecule has 0 aliphatic heterocycles. The molecule has 2 rings (SSSR count). The number of methoxy groups -OCH3 is 2. The fraction of sp³-hybridized carbons (Fsp3) is 0.500. The highest BCUT2D eigenvalue weighted by molar-refractivity contribution is 5.92. The number of carbonyl (C=O) groups is 2. The van der Waals surface area contributed by atoms with Gasteiger partial charge in [-0.25, -0.2) is 0 Å². The molecule has 0 radical (unpaired) electrons. The lowest BCUT2D eigenvalue weighted by molar-refractivity contribution is -0.127. The van der Waals surface area contributed by atoms with Gasteiger partial charge in [0.1, 0.15) is 5.75 Å². The van der Waals surface area contributed by atoms with Crippen LogP contribution in [0.4, 0.5) is 0 Å². The summed E-state index contributed by atoms with van der Waals surface area (Å²) in [5.74, 6) is 0.239. The van der Waals surface area contributed by atoms with Crippen molar-refractivity contribution in [3.05, 3.63) is 29.8 Å². The summed E-state index contributed by atoms with van der Waals surface area (Å²) in [4.78, 5) is 23.8. The van der Waals surface area contributed by atoms with Crippen molar-refractivity contribution in [2.75, 3.05) is 27.4 Å². The van der Waals surface area contributed by atoms with Gasteiger partial charge in [0, 0.05) is 20.2 Å². The van der Waals surface area contributed by atoms with E-state index in [1.165, 1.54) is 0 Å². The van der Waals surface area contributed by atoms with E-state index in [1.807, 2.05) is 24.3 Å². The second-order valence-corrected chi connectivity index (χ2v) is 5.30. The molecule has 120 valence electrons. The molecule has 0 saturated heterocycles. The lowest BCUT2D eigenvalue weighted by atomic mass is 10.2. The summed E-state index contributed by atoms with van der Waals surface area (Å²) < 4.78 is 9.95. The third-order valence-corrected chi connectivity index (χ3v) is 3.70. The fourth-order valence-electron chi connectivity index (χ4n) is 2.25. The molecule has 2 atom stereocenters. The van der Waals surface area contributed by atoms with Crippen molar-refractivity contribution >= 4 is 11.8 Å². The summed E-state index contributed by atoms with van der Waals surface area (Å²) in [5, 5.41) is 5.63. The van der Waals surface area contributed by atoms with Gasteiger partial charge in [-0.2, -0.15) is 0 Å². The highest BCUT2D eigenvalue weighted by Gasteiger charge is 2.47. The Balaban J connectivity index is 1.71. The fourth-order valence-corrected chi connectivity index (χ4v) is 2.25. The number of benzene rings is 1. The zero-order chi connectivity index (χ0) is 15.9. The molecule has 1 saturated carbocycles. The molecule has 2 unspecified atom stereocenters. The summed E-state index contributed by atoms with van der Waals surface area (Å²) in [5.41, 5.74) is 0.996. The molecule has 2 amide bonds. The first kappa shape index (κ1) is 16.3. The molecule has 6 nitrogen and oxygen atoms in total. The predicted molar refractivity (Wildman–Crippen MR) is 81.3 cm³/mol. The Kier molecular flexibility index (Phi) is 5.77. The second kappa shape index (κ2) is 7.79. The van der Waals surface area contributed by atoms with Gasteiger partial charge in [0.15, 0.2) is 0 Å². The van der Waals surface area contributed by atoms with Crippen LogP contribution in [0.25, 0.3) is 0 Å². The summed E-state index contributed by atoms with van der Waals surface area (Å²) in [6, 6.07) is 7.51. The number of rotatable bonds is 8. The smallest absolute Gasteiger partial charge is 0.224 e. The maximum absolute atomic E-state index is 12.0. The summed E-state index contributed by atoms with van der Waals surface area (Å²) in [6.07, 6.45) is 0.618. The Hall–Kier alpha value is -2.08. The van der Waals surface area contributed by atoms with E-state index in [-0.39, 0.29) is 23.7 Å². The molecule has 1 fully saturated rings. The minimum absolute atomic E-state index is 0.0669. The standard InChI is InChI=1S/C16H22N2O4/c1-21-8-7-17-15(19)13-9-14(13)16(20)18-10-11-3-5-12(22-2)6-4-11/h3-6,13-14H,7-10H2,1-2H3,(H,17,19)(H,18,20). The minimum atomic E-state index is -0.208. The van der Waals surface area contributed by atoms with Crippen LogP contribution >= 0.6 is 0 Å². The minimum Gasteiger partial charge on any atom is -0.497 e. The third kappa shape index (κ3) is 4.46. The topological polar surface area (TPSA) is 76.7 Å². The molecule has 0 bridgehead atoms. The molecule has 0 heterocycles. The quantitative estimate of drug-likeness (QED) is 0.694. The van der Waals surface area contributed by atoms with E-state index < -0.39 is 0 Å². The van der Waals surface area contributed by atoms with E-state index in [1.54, 1.807) is 14.2 Å². The van der Waals surface area contributed by atoms with Crippen LogP contribution in [0.1, 0.15) is 12.0 Å². The van der Waals surface area contributed by atoms with Crippen molar-refractivity contribution in [2.45, 2.75) is 13.0 Å². The van der Waals surface area contributed by atoms with Gasteiger partial charge >= 0.3 is 0 Å². The second-order valence-electron chi connectivity index (χ2n) is 5.30. The first-order valence-corrected chi connectivity index (χ1v) is 7.33. The third-order valence-electron chi connectivity index (χ3n) is 3.70. The van der Waals surface area contributed by atoms with Gasteiger partial charge < -0.3 is 20.1 Å². The lowest BCUT2D eigenvalue weighted by Crippen LogP contribution is -2.31. The number of carbonyl (C=O) groups excluding carboxylic acids is 2. The van der Waals surface area contributed by atoms with E-state index in [0.29, 0.717) is 26.1 Å². The van der Waals surface area contributed by atoms with Gasteiger partial charge in [-0.15, -0.1) is 0 Å². The number of hydrogen-bond acceptors (Lipinski definition) is 4. The molecule has 1 aliphatic carbocycles. The van der Waals surface area contributed by atoms with Crippen molar-refractivity contribution in [1.82, 2.24) is 10.6 Å². The monoisotopic (exact) mass is 306 g/mol. The van der Waals surface area contributed by atoms with Crippen LogP contribution in [0.15, 0.2) is 24.3 Å². The van der Waals surface area contributed by atoms with Crippen molar-refractivity contribution in [3.8, 4) is 5.75 Å². The van der Waals surface area contributed by atoms with Crippen LogP contribution in [0.2, 0.25) is 0 Å². The Bertz CT molecular complexity index is 515. The van der Waals surface area contributed by atoms with Crippen LogP contribution in [-0.4, -0.2) is 39.2 Å². The molecule has 0 spiro atoms. The van der Waals surface area contributed by atoms with E-state index in [0.717, 1.165) is 11.3 Å². The Morgan fingerprint density at radius 1 is 1.09 bits per heavy atom. The van der Waals surface area contributed by atoms with E-state index in [2.05, 4.69) is 10.6 Å². The van der Waals surface area contributed by atoms with Crippen LogP contribution in [0, 0.1) is 11.8 Å². The number of hydrogen-bond donors (Lipinski definition) is 2. The predicted octanol–water partition coefficient (Wildman–Crippen LogP) is 0.710. The first-order valence-electron chi connectivity index (χ1n) is 7.33. The van der Waals surface area contributed by atoms with Gasteiger partial charge in [-0.3, -0.25) is 9.59 Å². The molecule has 1 aromatic carbocycles. The molecule has 1 aliphatic rings. The Morgan fingerprint density at radius 3 is 2.32 bits per heavy atom. The maximum atomic E-state index is 12.0. The van der Waals surface area contributed by atoms with Crippen molar-refractivity contribution in [1.29, 1.82) is 0 Å². The molecule has 0 aromatic heterocycles. The molecular formula is C16H22N2O4. The summed E-state index contributed by atoms with van der Waals surface area (Å²) in [7, 11) is 3.19. The van der Waals surface area contributed by atoms with Gasteiger partial charge in [0.2, 0.25) is 11.8 Å². The maximum Gasteiger partial charge on any atom is 0.224 e. The van der Waals surface area contributed by atoms with Gasteiger partial charge in [0.25, 0.3) is 0 Å². The van der Waals surface area contributed by atoms with Crippen LogP contribution in [0.3, 0.4) is 0 Å². The van der Waals surface area contributed by atoms with E-state index in [9.17, 15) is 9.59 Å². The zero-order valence-corrected chi connectivity index (χ0v) is 12.9. The Morgan fingerprint density at radius 2 is 1.73 bits per heavy atom. The van der Waals surface area contributed by atoms with E-state index >= 15 is 0 Å². The molecule has 6 heteroatoms. The molecule has 22 heavy (non-hydrogen) atoms. The van der Waals surface area contributed by atoms with Crippen molar-refractivity contribution in [3.63, 3.8) is 0 Å². The zero-order valence-electron chi connectivity index (χ0n) is 12.9. The van der Waals surface area contributed by atoms with Crippen molar-refractivity contribution < 1.29 is 19.1 Å². The average Bonchev–Trinajstić information content (AvgIpc) is 3.34. The van der Waals surface area contributed by atoms with Crippen molar-refractivity contribution in [2.24, 2.45) is 11.8 Å². The van der Waals surface area contributed by atoms with Crippen LogP contribution in [0.5, 0.6) is 5.75 Å². The number of amides is 2. The normalized spacial score (nSPS) is 19.4. The van der Waals surface area contributed by atoms with Crippen LogP contribution < -0.4 is 15.4 Å². The van der Waals surface area contributed by atoms with Gasteiger partial charge in [0.05, 0.1) is 25.6 Å². The van der Waals surface area contributed by atoms with Gasteiger partial charge in [-0.1, -0.05) is 12.1 Å². The average molecular weight is 306 g/mol. The van der Waals surface area contributed by atoms with Crippen LogP contribution in [-0.2, 0) is 20.9 Å². The first-order chi connectivity index (χ1) is 10.7. The highest BCUT2D eigenvalue weighted by Crippen LogP contribution is 2.38. The lowest BCUT2D eigenvalue weighted by Gasteiger charge is -2.07. The SMILES string of the molecule is COCCNC(=O)C1CC1C(=O)NCc1ccc(OC)cc1. The Labute approximate surface area is 130 Å². The number of ether oxygens (including phenoxy) is 2.